The van der Waals surface area contributed by atoms with Gasteiger partial charge >= 0.3 is 0 Å². The molecule has 2 aromatic rings. The zero-order valence-corrected chi connectivity index (χ0v) is 19.2. The molecule has 3 aliphatic rings. The van der Waals surface area contributed by atoms with Crippen molar-refractivity contribution in [1.82, 2.24) is 19.8 Å². The minimum Gasteiger partial charge on any atom is -0.368 e. The average Bonchev–Trinajstić information content (AvgIpc) is 2.78. The third kappa shape index (κ3) is 4.38. The molecule has 6 heteroatoms. The van der Waals surface area contributed by atoms with Gasteiger partial charge in [0, 0.05) is 50.9 Å². The van der Waals surface area contributed by atoms with Crippen LogP contribution in [0, 0.1) is 5.92 Å². The number of allylic oxidation sites excluding steroid dienone is 1. The Morgan fingerprint density at radius 3 is 2.62 bits per heavy atom. The number of piperazine rings is 1. The van der Waals surface area contributed by atoms with Gasteiger partial charge < -0.3 is 20.4 Å². The highest BCUT2D eigenvalue weighted by Crippen LogP contribution is 2.35. The maximum absolute atomic E-state index is 6.13. The fraction of sp³-hybridized carbons (Fsp3) is 0.500. The van der Waals surface area contributed by atoms with Crippen LogP contribution in [-0.2, 0) is 13.0 Å². The molecule has 0 atom stereocenters. The maximum Gasteiger partial charge on any atom is 0.222 e. The lowest BCUT2D eigenvalue weighted by Gasteiger charge is -2.35. The third-order valence-corrected chi connectivity index (χ3v) is 7.36. The van der Waals surface area contributed by atoms with Crippen LogP contribution in [0.25, 0.3) is 11.3 Å². The van der Waals surface area contributed by atoms with Crippen LogP contribution in [-0.4, -0.2) is 59.5 Å². The summed E-state index contributed by atoms with van der Waals surface area (Å²) in [5, 5.41) is 0. The predicted molar refractivity (Wildman–Crippen MR) is 130 cm³/mol. The Bertz CT molecular complexity index is 1030. The monoisotopic (exact) mass is 430 g/mol. The molecule has 2 N–H and O–H groups in total. The highest BCUT2D eigenvalue weighted by atomic mass is 15.3. The number of hydrogen-bond acceptors (Lipinski definition) is 6. The van der Waals surface area contributed by atoms with E-state index in [2.05, 4.69) is 68.3 Å². The molecule has 0 amide bonds. The second kappa shape index (κ2) is 8.97. The van der Waals surface area contributed by atoms with Gasteiger partial charge in [0.05, 0.1) is 11.4 Å². The number of nitrogens with zero attached hydrogens (tertiary/aromatic N) is 5. The number of anilines is 2. The van der Waals surface area contributed by atoms with Crippen molar-refractivity contribution in [2.45, 2.75) is 38.6 Å². The molecule has 32 heavy (non-hydrogen) atoms. The Morgan fingerprint density at radius 1 is 1.09 bits per heavy atom. The quantitative estimate of drug-likeness (QED) is 0.730. The standard InChI is InChI=1S/C26H34N6/c1-3-23(15-19-5-4-6-19)32-10-9-20-7-8-21(16-22(20)18-32)24-17-25(29-26(27)28-24)31-13-11-30(2)12-14-31/h7-8,16-17,19H,1,4-6,9-15,18H2,2H3,(H2,27,28,29). The molecule has 1 saturated carbocycles. The number of likely N-dealkylation sites (N-methyl/N-ethyl adjacent to an activating group) is 1. The lowest BCUT2D eigenvalue weighted by Crippen LogP contribution is -2.44. The zero-order valence-electron chi connectivity index (χ0n) is 19.2. The summed E-state index contributed by atoms with van der Waals surface area (Å²) in [4.78, 5) is 16.2. The van der Waals surface area contributed by atoms with Gasteiger partial charge in [-0.15, -0.1) is 5.73 Å². The minimum absolute atomic E-state index is 0.341. The van der Waals surface area contributed by atoms with Crippen LogP contribution in [0.5, 0.6) is 0 Å². The molecule has 2 aliphatic heterocycles. The van der Waals surface area contributed by atoms with Crippen molar-refractivity contribution in [3.05, 3.63) is 53.4 Å². The number of nitrogens with two attached hydrogens (primary N) is 1. The molecular weight excluding hydrogens is 396 g/mol. The molecule has 1 saturated heterocycles. The Labute approximate surface area is 191 Å². The van der Waals surface area contributed by atoms with E-state index in [0.29, 0.717) is 5.95 Å². The molecule has 1 aromatic carbocycles. The second-order valence-electron chi connectivity index (χ2n) is 9.54. The van der Waals surface area contributed by atoms with Crippen molar-refractivity contribution in [1.29, 1.82) is 0 Å². The summed E-state index contributed by atoms with van der Waals surface area (Å²) in [6, 6.07) is 8.83. The number of hydrogen-bond donors (Lipinski definition) is 1. The Kier molecular flexibility index (Phi) is 5.90. The van der Waals surface area contributed by atoms with E-state index >= 15 is 0 Å². The smallest absolute Gasteiger partial charge is 0.222 e. The molecule has 0 spiro atoms. The van der Waals surface area contributed by atoms with E-state index in [0.717, 1.165) is 75.1 Å². The highest BCUT2D eigenvalue weighted by Gasteiger charge is 2.24. The van der Waals surface area contributed by atoms with Crippen molar-refractivity contribution in [2.75, 3.05) is 50.4 Å². The molecule has 3 heterocycles. The molecule has 0 unspecified atom stereocenters. The lowest BCUT2D eigenvalue weighted by molar-refractivity contribution is 0.252. The summed E-state index contributed by atoms with van der Waals surface area (Å²) in [5.41, 5.74) is 15.5. The van der Waals surface area contributed by atoms with Gasteiger partial charge in [0.2, 0.25) is 5.95 Å². The molecular formula is C26H34N6. The fourth-order valence-electron chi connectivity index (χ4n) is 5.03. The van der Waals surface area contributed by atoms with Gasteiger partial charge in [0.25, 0.3) is 0 Å². The van der Waals surface area contributed by atoms with Crippen LogP contribution in [0.4, 0.5) is 11.8 Å². The van der Waals surface area contributed by atoms with E-state index in [-0.39, 0.29) is 0 Å². The van der Waals surface area contributed by atoms with Crippen LogP contribution >= 0.6 is 0 Å². The van der Waals surface area contributed by atoms with Crippen molar-refractivity contribution < 1.29 is 0 Å². The normalized spacial score (nSPS) is 19.3. The fourth-order valence-corrected chi connectivity index (χ4v) is 5.03. The molecule has 0 bridgehead atoms. The Morgan fingerprint density at radius 2 is 1.91 bits per heavy atom. The first kappa shape index (κ1) is 21.0. The molecule has 5 rings (SSSR count). The van der Waals surface area contributed by atoms with Crippen LogP contribution < -0.4 is 10.6 Å². The first-order valence-electron chi connectivity index (χ1n) is 11.9. The number of nitrogen functional groups attached to an aromatic ring is 1. The second-order valence-corrected chi connectivity index (χ2v) is 9.54. The largest absolute Gasteiger partial charge is 0.368 e. The first-order valence-corrected chi connectivity index (χ1v) is 11.9. The zero-order chi connectivity index (χ0) is 22.1. The van der Waals surface area contributed by atoms with Gasteiger partial charge in [-0.2, -0.15) is 4.98 Å². The summed E-state index contributed by atoms with van der Waals surface area (Å²) in [5.74, 6) is 2.09. The molecule has 6 nitrogen and oxygen atoms in total. The van der Waals surface area contributed by atoms with Crippen LogP contribution in [0.2, 0.25) is 0 Å². The van der Waals surface area contributed by atoms with Crippen molar-refractivity contribution in [3.8, 4) is 11.3 Å². The van der Waals surface area contributed by atoms with Gasteiger partial charge in [0.1, 0.15) is 5.82 Å². The Hall–Kier alpha value is -2.82. The number of benzene rings is 1. The summed E-state index contributed by atoms with van der Waals surface area (Å²) >= 11 is 0. The predicted octanol–water partition coefficient (Wildman–Crippen LogP) is 3.69. The van der Waals surface area contributed by atoms with Crippen LogP contribution in [0.3, 0.4) is 0 Å². The van der Waals surface area contributed by atoms with Crippen molar-refractivity contribution in [3.63, 3.8) is 0 Å². The van der Waals surface area contributed by atoms with Crippen LogP contribution in [0.1, 0.15) is 36.8 Å². The summed E-state index contributed by atoms with van der Waals surface area (Å²) in [7, 11) is 2.16. The van der Waals surface area contributed by atoms with E-state index in [9.17, 15) is 0 Å². The van der Waals surface area contributed by atoms with Crippen LogP contribution in [0.15, 0.2) is 42.3 Å². The molecule has 0 radical (unpaired) electrons. The van der Waals surface area contributed by atoms with Crippen molar-refractivity contribution >= 4 is 11.8 Å². The maximum atomic E-state index is 6.13. The summed E-state index contributed by atoms with van der Waals surface area (Å²) < 4.78 is 0. The lowest BCUT2D eigenvalue weighted by atomic mass is 9.81. The van der Waals surface area contributed by atoms with E-state index in [1.165, 1.54) is 36.1 Å². The van der Waals surface area contributed by atoms with E-state index in [1.807, 2.05) is 0 Å². The third-order valence-electron chi connectivity index (χ3n) is 7.36. The molecule has 1 aliphatic carbocycles. The molecule has 168 valence electrons. The summed E-state index contributed by atoms with van der Waals surface area (Å²) in [6.45, 7) is 9.95. The molecule has 2 fully saturated rings. The van der Waals surface area contributed by atoms with Gasteiger partial charge in [-0.3, -0.25) is 0 Å². The average molecular weight is 431 g/mol. The number of fused-ring (bicyclic) bond motifs is 1. The van der Waals surface area contributed by atoms with Gasteiger partial charge in [0.15, 0.2) is 0 Å². The summed E-state index contributed by atoms with van der Waals surface area (Å²) in [6.07, 6.45) is 6.26. The highest BCUT2D eigenvalue weighted by molar-refractivity contribution is 5.66. The van der Waals surface area contributed by atoms with E-state index in [4.69, 9.17) is 5.73 Å². The number of aromatic nitrogens is 2. The Balaban J connectivity index is 1.37. The SMILES string of the molecule is C=C=C(CC1CCC1)N1CCc2ccc(-c3cc(N4CCN(C)CC4)nc(N)n3)cc2C1. The first-order chi connectivity index (χ1) is 15.6. The topological polar surface area (TPSA) is 61.5 Å². The van der Waals surface area contributed by atoms with E-state index < -0.39 is 0 Å². The van der Waals surface area contributed by atoms with Gasteiger partial charge in [-0.25, -0.2) is 4.98 Å². The van der Waals surface area contributed by atoms with Gasteiger partial charge in [-0.05, 0) is 43.0 Å². The molecule has 1 aromatic heterocycles. The minimum atomic E-state index is 0.341. The van der Waals surface area contributed by atoms with E-state index in [1.54, 1.807) is 0 Å². The van der Waals surface area contributed by atoms with Gasteiger partial charge in [-0.1, -0.05) is 38.0 Å². The van der Waals surface area contributed by atoms with Crippen molar-refractivity contribution in [2.24, 2.45) is 5.92 Å². The number of rotatable bonds is 5.